The van der Waals surface area contributed by atoms with Crippen molar-refractivity contribution >= 4 is 10.4 Å². The minimum absolute atomic E-state index is 0.359. The molecule has 0 radical (unpaired) electrons. The first-order chi connectivity index (χ1) is 12.0. The van der Waals surface area contributed by atoms with Crippen molar-refractivity contribution in [3.63, 3.8) is 0 Å². The van der Waals surface area contributed by atoms with Crippen LogP contribution in [0.3, 0.4) is 0 Å². The van der Waals surface area contributed by atoms with Crippen LogP contribution in [-0.2, 0) is 25.2 Å². The number of ketones is 1. The molecule has 0 heterocycles. The summed E-state index contributed by atoms with van der Waals surface area (Å²) in [6.07, 6.45) is 3.57. The van der Waals surface area contributed by atoms with Crippen LogP contribution in [0.25, 0.3) is 11.1 Å². The molecule has 3 rings (SSSR count). The second kappa shape index (κ2) is 9.68. The Hall–Kier alpha value is -1.72. The summed E-state index contributed by atoms with van der Waals surface area (Å²) < 4.78 is 38.4. The third-order valence-electron chi connectivity index (χ3n) is 3.98. The number of rotatable bonds is 2. The number of carbonyl (C=O) groups is 1. The molecule has 1 aliphatic carbocycles. The van der Waals surface area contributed by atoms with Crippen molar-refractivity contribution in [1.29, 1.82) is 0 Å². The zero-order valence-electron chi connectivity index (χ0n) is 13.7. The number of hydrogen-bond acceptors (Lipinski definition) is 2. The molecule has 0 amide bonds. The Morgan fingerprint density at radius 2 is 1.68 bits per heavy atom. The Kier molecular flexibility index (Phi) is 7.59. The molecule has 134 valence electrons. The van der Waals surface area contributed by atoms with E-state index in [4.69, 9.17) is 0 Å². The molecule has 1 fully saturated rings. The molecule has 2 aromatic rings. The number of benzene rings is 2. The molecule has 5 heteroatoms. The van der Waals surface area contributed by atoms with Crippen molar-refractivity contribution in [1.82, 2.24) is 0 Å². The van der Waals surface area contributed by atoms with Crippen LogP contribution in [0.5, 0.6) is 0 Å². The summed E-state index contributed by atoms with van der Waals surface area (Å²) in [4.78, 5) is 10.6. The monoisotopic (exact) mass is 521 g/mol. The summed E-state index contributed by atoms with van der Waals surface area (Å²) in [6.45, 7) is 3.88. The predicted molar refractivity (Wildman–Crippen MR) is 90.0 cm³/mol. The molecule has 1 saturated carbocycles. The average Bonchev–Trinajstić information content (AvgIpc) is 2.59. The van der Waals surface area contributed by atoms with Crippen molar-refractivity contribution in [2.45, 2.75) is 25.7 Å². The maximum absolute atomic E-state index is 13.5. The van der Waals surface area contributed by atoms with Crippen LogP contribution in [-0.4, -0.2) is 10.4 Å². The number of hydrogen-bond donors (Lipinski definition) is 0. The first kappa shape index (κ1) is 19.6. The van der Waals surface area contributed by atoms with Crippen LogP contribution < -0.4 is 0 Å². The summed E-state index contributed by atoms with van der Waals surface area (Å²) in [6, 6.07) is 10.5. The molecule has 0 N–H and O–H groups in total. The summed E-state index contributed by atoms with van der Waals surface area (Å²) in [7, 11) is 0. The van der Waals surface area contributed by atoms with E-state index >= 15 is 0 Å². The zero-order chi connectivity index (χ0) is 18.2. The molecule has 2 aromatic carbocycles. The van der Waals surface area contributed by atoms with Gasteiger partial charge in [0.2, 0.25) is 0 Å². The summed E-state index contributed by atoms with van der Waals surface area (Å²) >= 11 is -1.37. The van der Waals surface area contributed by atoms with Gasteiger partial charge in [0.1, 0.15) is 5.78 Å². The molecular formula is C20H19F2O2Os-. The predicted octanol–water partition coefficient (Wildman–Crippen LogP) is 4.79. The molecule has 0 aliphatic heterocycles. The molecule has 0 bridgehead atoms. The van der Waals surface area contributed by atoms with Crippen LogP contribution in [0.1, 0.15) is 31.2 Å². The molecular weight excluding hydrogens is 500 g/mol. The molecule has 0 spiro atoms. The average molecular weight is 520 g/mol. The topological polar surface area (TPSA) is 34.1 Å². The quantitative estimate of drug-likeness (QED) is 0.535. The number of halogens is 2. The first-order valence-electron chi connectivity index (χ1n) is 7.96. The van der Waals surface area contributed by atoms with Crippen molar-refractivity contribution in [2.24, 2.45) is 5.92 Å². The third kappa shape index (κ3) is 6.25. The molecule has 2 nitrogen and oxygen atoms in total. The van der Waals surface area contributed by atoms with Gasteiger partial charge >= 0.3 is 105 Å². The maximum atomic E-state index is 13.5. The third-order valence-corrected chi connectivity index (χ3v) is 5.12. The van der Waals surface area contributed by atoms with Gasteiger partial charge in [-0.15, -0.1) is 0 Å². The molecule has 25 heavy (non-hydrogen) atoms. The van der Waals surface area contributed by atoms with E-state index < -0.39 is 28.5 Å². The van der Waals surface area contributed by atoms with E-state index in [0.717, 1.165) is 37.3 Å². The van der Waals surface area contributed by atoms with E-state index in [2.05, 4.69) is 6.92 Å². The van der Waals surface area contributed by atoms with E-state index in [1.807, 2.05) is 0 Å². The summed E-state index contributed by atoms with van der Waals surface area (Å²) in [5.41, 5.74) is 1.89. The number of Topliss-reactive ketones (excluding diaryl/α,β-unsaturated/α-hetero) is 1. The second-order valence-corrected chi connectivity index (χ2v) is 7.25. The fraction of sp³-hybridized carbons (Fsp3) is 0.250. The van der Waals surface area contributed by atoms with Gasteiger partial charge < -0.3 is 6.92 Å². The molecule has 1 aliphatic rings. The van der Waals surface area contributed by atoms with Gasteiger partial charge in [-0.05, 0) is 0 Å². The van der Waals surface area contributed by atoms with Crippen LogP contribution >= 0.6 is 0 Å². The van der Waals surface area contributed by atoms with Gasteiger partial charge in [-0.3, -0.25) is 4.79 Å². The van der Waals surface area contributed by atoms with Crippen LogP contribution in [0, 0.1) is 24.5 Å². The normalized spacial score (nSPS) is 14.6. The van der Waals surface area contributed by atoms with Gasteiger partial charge in [-0.1, -0.05) is 12.8 Å². The Balaban J connectivity index is 0.000000236. The van der Waals surface area contributed by atoms with Crippen LogP contribution in [0.2, 0.25) is 0 Å². The van der Waals surface area contributed by atoms with Gasteiger partial charge in [-0.2, -0.15) is 5.92 Å². The molecule has 0 aromatic heterocycles. The SMILES string of the molecule is [CH2-]C1CCC(=O)CC1.[O]=[Os]=[CH]c1ccc(-c2ccc(F)cc2F)cc1. The van der Waals surface area contributed by atoms with Gasteiger partial charge in [0.25, 0.3) is 0 Å². The fourth-order valence-corrected chi connectivity index (χ4v) is 3.34. The van der Waals surface area contributed by atoms with Crippen molar-refractivity contribution in [3.8, 4) is 11.1 Å². The number of carbonyl (C=O) groups excluding carboxylic acids is 1. The van der Waals surface area contributed by atoms with Gasteiger partial charge in [0, 0.05) is 12.8 Å². The Labute approximate surface area is 153 Å². The van der Waals surface area contributed by atoms with Crippen molar-refractivity contribution in [2.75, 3.05) is 0 Å². The second-order valence-electron chi connectivity index (χ2n) is 5.91. The van der Waals surface area contributed by atoms with Crippen molar-refractivity contribution < 1.29 is 34.0 Å². The van der Waals surface area contributed by atoms with Gasteiger partial charge in [0.05, 0.1) is 0 Å². The van der Waals surface area contributed by atoms with E-state index in [9.17, 15) is 17.1 Å². The fourth-order valence-electron chi connectivity index (χ4n) is 2.50. The first-order valence-corrected chi connectivity index (χ1v) is 10.5. The zero-order valence-corrected chi connectivity index (χ0v) is 16.2. The Bertz CT molecular complexity index is 771. The Morgan fingerprint density at radius 3 is 2.20 bits per heavy atom. The summed E-state index contributed by atoms with van der Waals surface area (Å²) in [5.74, 6) is -0.203. The summed E-state index contributed by atoms with van der Waals surface area (Å²) in [5, 5.41) is 0. The molecule has 0 atom stereocenters. The standard InChI is InChI=1S/C13H8F2.C7H11O.O.Os/c1-9-2-4-10(5-3-9)12-7-6-11(14)8-13(12)15;1-6-2-4-7(8)5-3-6;;/h1-8H;6H,1-5H2;;/q;-1;;. The van der Waals surface area contributed by atoms with E-state index in [-0.39, 0.29) is 0 Å². The van der Waals surface area contributed by atoms with Crippen LogP contribution in [0.15, 0.2) is 42.5 Å². The van der Waals surface area contributed by atoms with E-state index in [1.54, 1.807) is 28.8 Å². The molecule has 0 unspecified atom stereocenters. The van der Waals surface area contributed by atoms with Gasteiger partial charge in [-0.25, -0.2) is 0 Å². The van der Waals surface area contributed by atoms with E-state index in [0.29, 0.717) is 22.8 Å². The van der Waals surface area contributed by atoms with E-state index in [1.165, 1.54) is 12.1 Å². The Morgan fingerprint density at radius 1 is 1.04 bits per heavy atom. The van der Waals surface area contributed by atoms with Gasteiger partial charge in [0.15, 0.2) is 0 Å². The van der Waals surface area contributed by atoms with Crippen molar-refractivity contribution in [3.05, 3.63) is 66.6 Å². The molecule has 0 saturated heterocycles. The minimum atomic E-state index is -1.37. The van der Waals surface area contributed by atoms with Crippen LogP contribution in [0.4, 0.5) is 8.78 Å².